The lowest BCUT2D eigenvalue weighted by molar-refractivity contribution is -0.134. The van der Waals surface area contributed by atoms with Crippen molar-refractivity contribution in [2.24, 2.45) is 0 Å². The van der Waals surface area contributed by atoms with Crippen LogP contribution in [0.25, 0.3) is 0 Å². The summed E-state index contributed by atoms with van der Waals surface area (Å²) in [5, 5.41) is 7.42. The molecule has 0 fully saturated rings. The van der Waals surface area contributed by atoms with Crippen LogP contribution in [0.5, 0.6) is 5.75 Å². The fourth-order valence-corrected chi connectivity index (χ4v) is 1.09. The summed E-state index contributed by atoms with van der Waals surface area (Å²) < 4.78 is 4.91. The Morgan fingerprint density at radius 3 is 1.30 bits per heavy atom. The third-order valence-corrected chi connectivity index (χ3v) is 1.92. The van der Waals surface area contributed by atoms with E-state index in [9.17, 15) is 0 Å². The highest BCUT2D eigenvalue weighted by atomic mass is 16.5. The maximum absolute atomic E-state index is 9.00. The second-order valence-electron chi connectivity index (χ2n) is 3.69. The molecule has 0 aliphatic rings. The van der Waals surface area contributed by atoms with Gasteiger partial charge in [-0.25, -0.2) is 0 Å². The van der Waals surface area contributed by atoms with E-state index in [1.165, 1.54) is 5.56 Å². The average molecular weight is 320 g/mol. The molecule has 0 atom stereocenters. The molecule has 130 valence electrons. The van der Waals surface area contributed by atoms with Gasteiger partial charge in [-0.15, -0.1) is 0 Å². The predicted molar refractivity (Wildman–Crippen MR) is 100 cm³/mol. The smallest absolute Gasteiger partial charge is 0.300 e. The van der Waals surface area contributed by atoms with E-state index < -0.39 is 5.97 Å². The molecule has 23 heavy (non-hydrogen) atoms. The van der Waals surface area contributed by atoms with Crippen molar-refractivity contribution < 1.29 is 14.6 Å². The normalized spacial score (nSPS) is 7.26. The molecule has 1 N–H and O–H groups in total. The lowest BCUT2D eigenvalue weighted by Gasteiger charge is -1.93. The Bertz CT molecular complexity index is 435. The predicted octanol–water partition coefficient (Wildman–Crippen LogP) is 5.83. The summed E-state index contributed by atoms with van der Waals surface area (Å²) in [4.78, 5) is 9.00. The van der Waals surface area contributed by atoms with E-state index >= 15 is 0 Å². The van der Waals surface area contributed by atoms with E-state index in [0.717, 1.165) is 12.7 Å². The van der Waals surface area contributed by atoms with Crippen LogP contribution >= 0.6 is 0 Å². The minimum atomic E-state index is -0.833. The first-order chi connectivity index (χ1) is 11.1. The molecule has 2 aromatic carbocycles. The summed E-state index contributed by atoms with van der Waals surface area (Å²) in [5.74, 6) is 0.0764. The molecular formula is C20H32O3. The number of ether oxygens (including phenoxy) is 1. The van der Waals surface area contributed by atoms with Crippen LogP contribution in [0.3, 0.4) is 0 Å². The molecule has 0 heterocycles. The minimum Gasteiger partial charge on any atom is -0.497 e. The highest BCUT2D eigenvalue weighted by molar-refractivity contribution is 5.62. The van der Waals surface area contributed by atoms with E-state index in [1.807, 2.05) is 76.2 Å². The zero-order chi connectivity index (χ0) is 18.5. The summed E-state index contributed by atoms with van der Waals surface area (Å²) in [6.07, 6.45) is 0. The van der Waals surface area contributed by atoms with Gasteiger partial charge < -0.3 is 9.84 Å². The van der Waals surface area contributed by atoms with E-state index in [4.69, 9.17) is 14.6 Å². The van der Waals surface area contributed by atoms with Crippen LogP contribution in [-0.2, 0) is 4.79 Å². The number of hydrogen-bond acceptors (Lipinski definition) is 2. The maximum Gasteiger partial charge on any atom is 0.300 e. The molecule has 0 saturated heterocycles. The highest BCUT2D eigenvalue weighted by Gasteiger charge is 1.80. The fraction of sp³-hybridized carbons (Fsp3) is 0.350. The van der Waals surface area contributed by atoms with Crippen LogP contribution in [0, 0.1) is 6.92 Å². The van der Waals surface area contributed by atoms with Crippen molar-refractivity contribution >= 4 is 5.97 Å². The Kier molecular flexibility index (Phi) is 24.5. The third-order valence-electron chi connectivity index (χ3n) is 1.92. The van der Waals surface area contributed by atoms with Crippen molar-refractivity contribution in [3.05, 3.63) is 66.2 Å². The number of carbonyl (C=O) groups is 1. The Balaban J connectivity index is -0.000000245. The van der Waals surface area contributed by atoms with Crippen LogP contribution < -0.4 is 4.74 Å². The Labute approximate surface area is 142 Å². The number of hydrogen-bond donors (Lipinski definition) is 1. The fourth-order valence-electron chi connectivity index (χ4n) is 1.09. The Morgan fingerprint density at radius 1 is 0.826 bits per heavy atom. The van der Waals surface area contributed by atoms with Crippen LogP contribution in [0.2, 0.25) is 0 Å². The van der Waals surface area contributed by atoms with Crippen molar-refractivity contribution in [1.82, 2.24) is 0 Å². The van der Waals surface area contributed by atoms with Gasteiger partial charge in [-0.1, -0.05) is 81.8 Å². The molecule has 0 bridgehead atoms. The lowest BCUT2D eigenvalue weighted by Crippen LogP contribution is -1.78. The van der Waals surface area contributed by atoms with Crippen molar-refractivity contribution in [3.63, 3.8) is 0 Å². The number of para-hydroxylation sites is 1. The van der Waals surface area contributed by atoms with Gasteiger partial charge in [0, 0.05) is 6.92 Å². The number of carboxylic acids is 1. The largest absolute Gasteiger partial charge is 0.497 e. The van der Waals surface area contributed by atoms with Crippen LogP contribution in [0.1, 0.15) is 40.2 Å². The molecule has 0 aromatic heterocycles. The topological polar surface area (TPSA) is 46.5 Å². The summed E-state index contributed by atoms with van der Waals surface area (Å²) in [5.41, 5.74) is 1.32. The molecule has 0 radical (unpaired) electrons. The number of rotatable bonds is 1. The van der Waals surface area contributed by atoms with Crippen LogP contribution in [0.4, 0.5) is 0 Å². The summed E-state index contributed by atoms with van der Waals surface area (Å²) >= 11 is 0. The van der Waals surface area contributed by atoms with Gasteiger partial charge in [-0.3, -0.25) is 4.79 Å². The summed E-state index contributed by atoms with van der Waals surface area (Å²) in [6, 6.07) is 19.9. The van der Waals surface area contributed by atoms with Gasteiger partial charge >= 0.3 is 0 Å². The van der Waals surface area contributed by atoms with Gasteiger partial charge in [0.15, 0.2) is 0 Å². The zero-order valence-corrected chi connectivity index (χ0v) is 15.5. The second-order valence-corrected chi connectivity index (χ2v) is 3.69. The molecule has 2 aromatic rings. The van der Waals surface area contributed by atoms with Crippen molar-refractivity contribution in [2.75, 3.05) is 7.11 Å². The first-order valence-corrected chi connectivity index (χ1v) is 7.86. The third kappa shape index (κ3) is 25.0. The molecule has 0 aliphatic carbocycles. The van der Waals surface area contributed by atoms with Crippen molar-refractivity contribution in [2.45, 2.75) is 41.5 Å². The number of carboxylic acid groups (broad SMARTS) is 1. The average Bonchev–Trinajstić information content (AvgIpc) is 2.60. The quantitative estimate of drug-likeness (QED) is 0.718. The summed E-state index contributed by atoms with van der Waals surface area (Å²) in [6.45, 7) is 11.2. The molecule has 0 saturated carbocycles. The van der Waals surface area contributed by atoms with E-state index in [2.05, 4.69) is 19.1 Å². The van der Waals surface area contributed by atoms with Crippen molar-refractivity contribution in [3.8, 4) is 5.75 Å². The molecule has 0 unspecified atom stereocenters. The van der Waals surface area contributed by atoms with Gasteiger partial charge in [-0.05, 0) is 19.1 Å². The molecule has 0 amide bonds. The van der Waals surface area contributed by atoms with Crippen molar-refractivity contribution in [1.29, 1.82) is 0 Å². The molecule has 3 nitrogen and oxygen atoms in total. The highest BCUT2D eigenvalue weighted by Crippen LogP contribution is 2.05. The molecule has 0 aliphatic heterocycles. The van der Waals surface area contributed by atoms with Gasteiger partial charge in [0.05, 0.1) is 7.11 Å². The Morgan fingerprint density at radius 2 is 1.13 bits per heavy atom. The standard InChI is InChI=1S/C7H8O.C7H8.C2H4O2.2C2H6/c1-8-7-5-3-2-4-6-7;1-7-5-3-2-4-6-7;1-2(3)4;2*1-2/h2-6H,1H3;2-6H,1H3;1H3,(H,3,4);2*1-2H3. The van der Waals surface area contributed by atoms with Crippen LogP contribution in [-0.4, -0.2) is 18.2 Å². The van der Waals surface area contributed by atoms with Gasteiger partial charge in [-0.2, -0.15) is 0 Å². The van der Waals surface area contributed by atoms with E-state index in [1.54, 1.807) is 7.11 Å². The molecule has 2 rings (SSSR count). The van der Waals surface area contributed by atoms with E-state index in [0.29, 0.717) is 0 Å². The second kappa shape index (κ2) is 22.0. The molecule has 0 spiro atoms. The maximum atomic E-state index is 9.00. The Hall–Kier alpha value is -2.29. The number of benzene rings is 2. The number of methoxy groups -OCH3 is 1. The van der Waals surface area contributed by atoms with Gasteiger partial charge in [0.2, 0.25) is 0 Å². The first-order valence-electron chi connectivity index (χ1n) is 7.86. The zero-order valence-electron chi connectivity index (χ0n) is 15.5. The monoisotopic (exact) mass is 320 g/mol. The first kappa shape index (κ1) is 25.7. The molecule has 3 heteroatoms. The minimum absolute atomic E-state index is 0.833. The van der Waals surface area contributed by atoms with Gasteiger partial charge in [0.1, 0.15) is 5.75 Å². The summed E-state index contributed by atoms with van der Waals surface area (Å²) in [7, 11) is 1.66. The number of aliphatic carboxylic acids is 1. The van der Waals surface area contributed by atoms with E-state index in [-0.39, 0.29) is 0 Å². The van der Waals surface area contributed by atoms with Gasteiger partial charge in [0.25, 0.3) is 5.97 Å². The van der Waals surface area contributed by atoms with Crippen LogP contribution in [0.15, 0.2) is 60.7 Å². The SMILES string of the molecule is CC.CC.CC(=O)O.COc1ccccc1.Cc1ccccc1. The molecular weight excluding hydrogens is 288 g/mol. The number of aryl methyl sites for hydroxylation is 1. The lowest BCUT2D eigenvalue weighted by atomic mass is 10.2.